The van der Waals surface area contributed by atoms with Gasteiger partial charge in [-0.15, -0.1) is 0 Å². The van der Waals surface area contributed by atoms with Crippen LogP contribution in [-0.2, 0) is 37.7 Å². The quantitative estimate of drug-likeness (QED) is 0.307. The van der Waals surface area contributed by atoms with Gasteiger partial charge in [-0.05, 0) is 45.0 Å². The summed E-state index contributed by atoms with van der Waals surface area (Å²) in [5, 5.41) is 10.5. The van der Waals surface area contributed by atoms with Crippen molar-refractivity contribution in [3.8, 4) is 0 Å². The van der Waals surface area contributed by atoms with Crippen LogP contribution < -0.4 is 10.6 Å². The van der Waals surface area contributed by atoms with Crippen LogP contribution in [0, 0.1) is 0 Å². The van der Waals surface area contributed by atoms with E-state index in [4.69, 9.17) is 13.4 Å². The maximum Gasteiger partial charge on any atom is 0.411 e. The zero-order valence-corrected chi connectivity index (χ0v) is 22.4. The molecule has 2 aromatic rings. The lowest BCUT2D eigenvalue weighted by Crippen LogP contribution is -2.60. The predicted molar refractivity (Wildman–Crippen MR) is 133 cm³/mol. The van der Waals surface area contributed by atoms with Gasteiger partial charge in [-0.25, -0.2) is 14.4 Å². The van der Waals surface area contributed by atoms with Gasteiger partial charge in [-0.3, -0.25) is 13.6 Å². The van der Waals surface area contributed by atoms with Gasteiger partial charge >= 0.3 is 25.4 Å². The normalized spacial score (nSPS) is 20.3. The Morgan fingerprint density at radius 3 is 1.89 bits per heavy atom. The van der Waals surface area contributed by atoms with Gasteiger partial charge in [0.2, 0.25) is 5.54 Å². The molecule has 0 saturated carbocycles. The molecule has 1 fully saturated rings. The summed E-state index contributed by atoms with van der Waals surface area (Å²) in [5.41, 5.74) is -3.86. The third-order valence-electron chi connectivity index (χ3n) is 5.39. The van der Waals surface area contributed by atoms with E-state index in [0.717, 1.165) is 6.26 Å². The largest absolute Gasteiger partial charge is 0.479 e. The first-order valence-electron chi connectivity index (χ1n) is 11.2. The molecule has 200 valence electrons. The molecule has 13 heteroatoms. The Balaban J connectivity index is 2.13. The Kier molecular flexibility index (Phi) is 7.88. The highest BCUT2D eigenvalue weighted by atomic mass is 32.2. The van der Waals surface area contributed by atoms with Crippen molar-refractivity contribution in [3.63, 3.8) is 0 Å². The van der Waals surface area contributed by atoms with Gasteiger partial charge in [0.25, 0.3) is 10.1 Å². The highest BCUT2D eigenvalue weighted by Gasteiger charge is 2.63. The van der Waals surface area contributed by atoms with Crippen molar-refractivity contribution >= 4 is 46.1 Å². The van der Waals surface area contributed by atoms with Gasteiger partial charge in [0, 0.05) is 6.42 Å². The molecule has 1 heterocycles. The molecule has 2 atom stereocenters. The molecular formula is C24H28NO10PS. The summed E-state index contributed by atoms with van der Waals surface area (Å²) < 4.78 is 53.6. The number of amides is 1. The molecule has 0 unspecified atom stereocenters. The number of likely N-dealkylation sites (tertiary alicyclic amines) is 1. The maximum atomic E-state index is 14.3. The lowest BCUT2D eigenvalue weighted by molar-refractivity contribution is -0.163. The molecule has 1 aliphatic rings. The smallest absolute Gasteiger partial charge is 0.411 e. The van der Waals surface area contributed by atoms with Crippen LogP contribution in [0.5, 0.6) is 0 Å². The molecule has 2 aromatic carbocycles. The number of hydrogen-bond acceptors (Lipinski definition) is 9. The van der Waals surface area contributed by atoms with Gasteiger partial charge < -0.3 is 14.4 Å². The molecule has 0 bridgehead atoms. The minimum absolute atomic E-state index is 0.112. The number of carbonyl (C=O) groups is 3. The average molecular weight is 554 g/mol. The van der Waals surface area contributed by atoms with Crippen molar-refractivity contribution < 1.29 is 45.9 Å². The van der Waals surface area contributed by atoms with E-state index in [1.807, 2.05) is 0 Å². The van der Waals surface area contributed by atoms with Crippen LogP contribution in [0.25, 0.3) is 0 Å². The Morgan fingerprint density at radius 1 is 1.00 bits per heavy atom. The molecular weight excluding hydrogens is 525 g/mol. The van der Waals surface area contributed by atoms with Crippen molar-refractivity contribution in [2.75, 3.05) is 12.8 Å². The number of ether oxygens (including phenoxy) is 1. The van der Waals surface area contributed by atoms with Crippen LogP contribution in [0.2, 0.25) is 0 Å². The minimum Gasteiger partial charge on any atom is -0.479 e. The highest BCUT2D eigenvalue weighted by molar-refractivity contribution is 7.86. The van der Waals surface area contributed by atoms with E-state index in [1.165, 1.54) is 45.0 Å². The van der Waals surface area contributed by atoms with E-state index in [0.29, 0.717) is 4.90 Å². The number of carboxylic acid groups (broad SMARTS) is 1. The first kappa shape index (κ1) is 28.4. The maximum absolute atomic E-state index is 14.3. The number of rotatable bonds is 7. The number of benzene rings is 2. The molecule has 0 aliphatic carbocycles. The molecule has 1 aliphatic heterocycles. The fraction of sp³-hybridized carbons (Fsp3) is 0.375. The summed E-state index contributed by atoms with van der Waals surface area (Å²) in [4.78, 5) is 40.0. The summed E-state index contributed by atoms with van der Waals surface area (Å²) in [5.74, 6) is -3.35. The summed E-state index contributed by atoms with van der Waals surface area (Å²) in [6, 6.07) is 15.5. The number of hydrogen-bond donors (Lipinski definition) is 1. The van der Waals surface area contributed by atoms with Crippen molar-refractivity contribution in [2.24, 2.45) is 0 Å². The van der Waals surface area contributed by atoms with Gasteiger partial charge in [-0.1, -0.05) is 36.4 Å². The lowest BCUT2D eigenvalue weighted by atomic mass is 9.96. The van der Waals surface area contributed by atoms with Crippen LogP contribution in [0.4, 0.5) is 4.79 Å². The van der Waals surface area contributed by atoms with E-state index in [9.17, 15) is 32.5 Å². The topological polar surface area (TPSA) is 154 Å². The van der Waals surface area contributed by atoms with Crippen molar-refractivity contribution in [1.29, 1.82) is 0 Å². The minimum atomic E-state index is -4.22. The fourth-order valence-corrected chi connectivity index (χ4v) is 6.55. The number of nitrogens with zero attached hydrogens (tertiary/aromatic N) is 1. The molecule has 1 N–H and O–H groups in total. The third-order valence-corrected chi connectivity index (χ3v) is 8.39. The second kappa shape index (κ2) is 10.3. The molecule has 11 nitrogen and oxygen atoms in total. The molecule has 3 rings (SSSR count). The summed E-state index contributed by atoms with van der Waals surface area (Å²) >= 11 is 0. The first-order chi connectivity index (χ1) is 17.1. The third kappa shape index (κ3) is 6.20. The molecule has 37 heavy (non-hydrogen) atoms. The second-order valence-corrected chi connectivity index (χ2v) is 13.4. The first-order valence-corrected chi connectivity index (χ1v) is 14.6. The molecule has 1 amide bonds. The van der Waals surface area contributed by atoms with Gasteiger partial charge in [0.1, 0.15) is 5.60 Å². The van der Waals surface area contributed by atoms with E-state index < -0.39 is 65.7 Å². The van der Waals surface area contributed by atoms with Crippen LogP contribution in [0.3, 0.4) is 0 Å². The molecule has 1 saturated heterocycles. The van der Waals surface area contributed by atoms with Crippen LogP contribution in [0.1, 0.15) is 27.2 Å². The number of carboxylic acids is 1. The monoisotopic (exact) mass is 553 g/mol. The predicted octanol–water partition coefficient (Wildman–Crippen LogP) is 2.27. The average Bonchev–Trinajstić information content (AvgIpc) is 3.18. The van der Waals surface area contributed by atoms with Crippen LogP contribution in [0.15, 0.2) is 60.7 Å². The van der Waals surface area contributed by atoms with Gasteiger partial charge in [-0.2, -0.15) is 8.42 Å². The van der Waals surface area contributed by atoms with Crippen molar-refractivity contribution in [2.45, 2.75) is 44.4 Å². The summed E-state index contributed by atoms with van der Waals surface area (Å²) in [6.45, 7) is 3.99. The fourth-order valence-electron chi connectivity index (χ4n) is 3.90. The van der Waals surface area contributed by atoms with E-state index in [1.54, 1.807) is 36.4 Å². The zero-order chi connectivity index (χ0) is 27.6. The van der Waals surface area contributed by atoms with Crippen molar-refractivity contribution in [3.05, 3.63) is 60.7 Å². The van der Waals surface area contributed by atoms with Crippen LogP contribution >= 0.6 is 7.37 Å². The van der Waals surface area contributed by atoms with E-state index >= 15 is 0 Å². The molecule has 0 radical (unpaired) electrons. The van der Waals surface area contributed by atoms with Crippen molar-refractivity contribution in [1.82, 2.24) is 4.90 Å². The van der Waals surface area contributed by atoms with Gasteiger partial charge in [0.15, 0.2) is 0 Å². The van der Waals surface area contributed by atoms with Gasteiger partial charge in [0.05, 0.1) is 29.5 Å². The number of aliphatic carboxylic acids is 1. The standard InChI is InChI=1S/C24H28NO10PS/c1-23(2,3)33-22(29)25-16-17(35-37(4,31)32)15-24(25,20(26)27)21(28)34-36(30,18-11-7-5-8-12-18)19-13-9-6-10-14-19/h5-14,17H,15-16H2,1-4H3,(H,26,27)/t17-,24+/m1/s1. The van der Waals surface area contributed by atoms with Crippen LogP contribution in [-0.4, -0.2) is 66.5 Å². The Bertz CT molecular complexity index is 1280. The second-order valence-electron chi connectivity index (χ2n) is 9.48. The highest BCUT2D eigenvalue weighted by Crippen LogP contribution is 2.48. The molecule has 0 aromatic heterocycles. The SMILES string of the molecule is CC(C)(C)OC(=O)N1C[C@H](OS(C)(=O)=O)C[C@]1(C(=O)O)C(=O)OP(=O)(c1ccccc1)c1ccccc1. The van der Waals surface area contributed by atoms with E-state index in [-0.39, 0.29) is 10.6 Å². The Morgan fingerprint density at radius 2 is 1.49 bits per heavy atom. The number of carbonyl (C=O) groups excluding carboxylic acids is 2. The Labute approximate surface area is 214 Å². The zero-order valence-electron chi connectivity index (χ0n) is 20.7. The van der Waals surface area contributed by atoms with E-state index in [2.05, 4.69) is 0 Å². The lowest BCUT2D eigenvalue weighted by Gasteiger charge is -2.34. The summed E-state index contributed by atoms with van der Waals surface area (Å²) in [7, 11) is -8.32. The molecule has 0 spiro atoms. The Hall–Kier alpha value is -3.21. The summed E-state index contributed by atoms with van der Waals surface area (Å²) in [6.07, 6.45) is -2.64.